The number of methoxy groups -OCH3 is 1. The maximum absolute atomic E-state index is 5.90. The van der Waals surface area contributed by atoms with Crippen LogP contribution in [-0.2, 0) is 6.42 Å². The van der Waals surface area contributed by atoms with Gasteiger partial charge in [0.15, 0.2) is 0 Å². The molecule has 2 rings (SSSR count). The summed E-state index contributed by atoms with van der Waals surface area (Å²) in [5, 5.41) is 0.730. The van der Waals surface area contributed by atoms with Crippen LogP contribution in [-0.4, -0.2) is 7.11 Å². The third kappa shape index (κ3) is 3.73. The minimum Gasteiger partial charge on any atom is -0.497 e. The molecule has 0 fully saturated rings. The van der Waals surface area contributed by atoms with E-state index in [4.69, 9.17) is 22.2 Å². The van der Waals surface area contributed by atoms with E-state index in [1.165, 1.54) is 0 Å². The molecule has 1 unspecified atom stereocenters. The van der Waals surface area contributed by atoms with Crippen LogP contribution in [0.3, 0.4) is 0 Å². The number of hydrogen-bond donors (Lipinski definition) is 2. The van der Waals surface area contributed by atoms with Crippen molar-refractivity contribution in [3.8, 4) is 5.75 Å². The average Bonchev–Trinajstić information content (AvgIpc) is 2.47. The van der Waals surface area contributed by atoms with Gasteiger partial charge in [0.25, 0.3) is 0 Å². The third-order valence-electron chi connectivity index (χ3n) is 3.13. The van der Waals surface area contributed by atoms with Crippen molar-refractivity contribution < 1.29 is 4.74 Å². The molecule has 0 saturated heterocycles. The molecule has 0 spiro atoms. The lowest BCUT2D eigenvalue weighted by Crippen LogP contribution is -2.29. The Kier molecular flexibility index (Phi) is 5.43. The zero-order valence-electron chi connectivity index (χ0n) is 11.1. The second kappa shape index (κ2) is 7.09. The molecule has 0 aliphatic carbocycles. The van der Waals surface area contributed by atoms with Gasteiger partial charge < -0.3 is 4.74 Å². The first kappa shape index (κ1) is 15.3. The van der Waals surface area contributed by atoms with Crippen LogP contribution in [0.4, 0.5) is 0 Å². The molecule has 0 saturated carbocycles. The Hall–Kier alpha value is -1.07. The van der Waals surface area contributed by atoms with Gasteiger partial charge in [-0.15, -0.1) is 0 Å². The summed E-state index contributed by atoms with van der Waals surface area (Å²) in [5.74, 6) is 6.51. The number of halogens is 2. The lowest BCUT2D eigenvalue weighted by Gasteiger charge is -2.19. The summed E-state index contributed by atoms with van der Waals surface area (Å²) in [6.07, 6.45) is 0.763. The number of benzene rings is 2. The zero-order valence-corrected chi connectivity index (χ0v) is 13.4. The van der Waals surface area contributed by atoms with E-state index < -0.39 is 0 Å². The Morgan fingerprint density at radius 3 is 2.55 bits per heavy atom. The Morgan fingerprint density at radius 1 is 1.25 bits per heavy atom. The van der Waals surface area contributed by atoms with Gasteiger partial charge in [0, 0.05) is 9.50 Å². The van der Waals surface area contributed by atoms with Gasteiger partial charge in [-0.25, -0.2) is 0 Å². The number of rotatable bonds is 5. The lowest BCUT2D eigenvalue weighted by atomic mass is 9.99. The van der Waals surface area contributed by atoms with E-state index in [0.717, 1.165) is 32.8 Å². The summed E-state index contributed by atoms with van der Waals surface area (Å²) >= 11 is 9.45. The highest BCUT2D eigenvalue weighted by molar-refractivity contribution is 9.10. The third-order valence-corrected chi connectivity index (χ3v) is 4.11. The number of nitrogens with one attached hydrogen (secondary N) is 1. The molecule has 0 aliphatic rings. The van der Waals surface area contributed by atoms with E-state index in [0.29, 0.717) is 0 Å². The van der Waals surface area contributed by atoms with Gasteiger partial charge in [-0.05, 0) is 47.9 Å². The summed E-state index contributed by atoms with van der Waals surface area (Å²) in [6.45, 7) is 0. The van der Waals surface area contributed by atoms with E-state index in [-0.39, 0.29) is 6.04 Å². The summed E-state index contributed by atoms with van der Waals surface area (Å²) in [7, 11) is 1.65. The number of hydrazine groups is 1. The molecule has 106 valence electrons. The summed E-state index contributed by atoms with van der Waals surface area (Å²) in [4.78, 5) is 0. The SMILES string of the molecule is COc1ccc(Br)c(C(Cc2ccc(Cl)cc2)NN)c1. The van der Waals surface area contributed by atoms with Crippen LogP contribution < -0.4 is 16.0 Å². The van der Waals surface area contributed by atoms with Gasteiger partial charge in [-0.3, -0.25) is 11.3 Å². The van der Waals surface area contributed by atoms with Crippen molar-refractivity contribution in [2.24, 2.45) is 5.84 Å². The first-order chi connectivity index (χ1) is 9.63. The van der Waals surface area contributed by atoms with Crippen molar-refractivity contribution >= 4 is 27.5 Å². The number of nitrogens with two attached hydrogens (primary N) is 1. The maximum Gasteiger partial charge on any atom is 0.119 e. The summed E-state index contributed by atoms with van der Waals surface area (Å²) < 4.78 is 6.26. The molecule has 1 atom stereocenters. The Balaban J connectivity index is 2.25. The lowest BCUT2D eigenvalue weighted by molar-refractivity contribution is 0.412. The molecule has 0 bridgehead atoms. The van der Waals surface area contributed by atoms with E-state index in [1.807, 2.05) is 42.5 Å². The quantitative estimate of drug-likeness (QED) is 0.632. The molecular weight excluding hydrogens is 340 g/mol. The topological polar surface area (TPSA) is 47.3 Å². The van der Waals surface area contributed by atoms with Crippen molar-refractivity contribution in [2.45, 2.75) is 12.5 Å². The summed E-state index contributed by atoms with van der Waals surface area (Å²) in [5.41, 5.74) is 5.07. The van der Waals surface area contributed by atoms with E-state index in [9.17, 15) is 0 Å². The van der Waals surface area contributed by atoms with Gasteiger partial charge >= 0.3 is 0 Å². The van der Waals surface area contributed by atoms with E-state index >= 15 is 0 Å². The van der Waals surface area contributed by atoms with Crippen molar-refractivity contribution in [3.05, 3.63) is 63.1 Å². The molecule has 0 heterocycles. The summed E-state index contributed by atoms with van der Waals surface area (Å²) in [6, 6.07) is 13.6. The first-order valence-electron chi connectivity index (χ1n) is 6.18. The van der Waals surface area contributed by atoms with Crippen LogP contribution in [0, 0.1) is 0 Å². The van der Waals surface area contributed by atoms with Gasteiger partial charge in [-0.2, -0.15) is 0 Å². The minimum absolute atomic E-state index is 0.0133. The van der Waals surface area contributed by atoms with Crippen LogP contribution in [0.5, 0.6) is 5.75 Å². The predicted molar refractivity (Wildman–Crippen MR) is 85.9 cm³/mol. The molecule has 2 aromatic carbocycles. The largest absolute Gasteiger partial charge is 0.497 e. The molecule has 0 amide bonds. The van der Waals surface area contributed by atoms with Crippen LogP contribution in [0.1, 0.15) is 17.2 Å². The molecule has 0 aromatic heterocycles. The normalized spacial score (nSPS) is 12.2. The zero-order chi connectivity index (χ0) is 14.5. The molecule has 2 aromatic rings. The van der Waals surface area contributed by atoms with Gasteiger partial charge in [0.1, 0.15) is 5.75 Å². The Morgan fingerprint density at radius 2 is 1.95 bits per heavy atom. The van der Waals surface area contributed by atoms with Crippen molar-refractivity contribution in [2.75, 3.05) is 7.11 Å². The molecule has 0 aliphatic heterocycles. The van der Waals surface area contributed by atoms with Crippen LogP contribution in [0.25, 0.3) is 0 Å². The predicted octanol–water partition coefficient (Wildman–Crippen LogP) is 3.86. The molecule has 5 heteroatoms. The highest BCUT2D eigenvalue weighted by Crippen LogP contribution is 2.29. The van der Waals surface area contributed by atoms with E-state index in [2.05, 4.69) is 21.4 Å². The fourth-order valence-corrected chi connectivity index (χ4v) is 2.68. The highest BCUT2D eigenvalue weighted by Gasteiger charge is 2.15. The first-order valence-corrected chi connectivity index (χ1v) is 7.35. The molecule has 20 heavy (non-hydrogen) atoms. The average molecular weight is 356 g/mol. The Labute approximate surface area is 132 Å². The number of ether oxygens (including phenoxy) is 1. The van der Waals surface area contributed by atoms with Gasteiger partial charge in [-0.1, -0.05) is 39.7 Å². The Bertz CT molecular complexity index is 575. The second-order valence-corrected chi connectivity index (χ2v) is 5.73. The van der Waals surface area contributed by atoms with Gasteiger partial charge in [0.05, 0.1) is 13.2 Å². The van der Waals surface area contributed by atoms with Gasteiger partial charge in [0.2, 0.25) is 0 Å². The van der Waals surface area contributed by atoms with Crippen molar-refractivity contribution in [3.63, 3.8) is 0 Å². The second-order valence-electron chi connectivity index (χ2n) is 4.44. The van der Waals surface area contributed by atoms with Crippen molar-refractivity contribution in [1.29, 1.82) is 0 Å². The fourth-order valence-electron chi connectivity index (χ4n) is 2.03. The molecule has 3 N–H and O–H groups in total. The molecule has 0 radical (unpaired) electrons. The van der Waals surface area contributed by atoms with Crippen LogP contribution in [0.2, 0.25) is 5.02 Å². The fraction of sp³-hybridized carbons (Fsp3) is 0.200. The van der Waals surface area contributed by atoms with Crippen LogP contribution >= 0.6 is 27.5 Å². The standard InChI is InChI=1S/C15H16BrClN2O/c1-20-12-6-7-14(16)13(9-12)15(19-18)8-10-2-4-11(17)5-3-10/h2-7,9,15,19H,8,18H2,1H3. The smallest absolute Gasteiger partial charge is 0.119 e. The minimum atomic E-state index is -0.0133. The maximum atomic E-state index is 5.90. The van der Waals surface area contributed by atoms with Crippen LogP contribution in [0.15, 0.2) is 46.9 Å². The monoisotopic (exact) mass is 354 g/mol. The molecular formula is C15H16BrClN2O. The molecule has 3 nitrogen and oxygen atoms in total. The van der Waals surface area contributed by atoms with Crippen molar-refractivity contribution in [1.82, 2.24) is 5.43 Å². The van der Waals surface area contributed by atoms with E-state index in [1.54, 1.807) is 7.11 Å². The number of hydrogen-bond acceptors (Lipinski definition) is 3. The highest BCUT2D eigenvalue weighted by atomic mass is 79.9.